The van der Waals surface area contributed by atoms with Crippen molar-refractivity contribution in [1.82, 2.24) is 10.0 Å². The zero-order chi connectivity index (χ0) is 16.2. The van der Waals surface area contributed by atoms with E-state index in [-0.39, 0.29) is 5.69 Å². The lowest BCUT2D eigenvalue weighted by atomic mass is 10.3. The molecule has 1 amide bonds. The molecule has 116 valence electrons. The second-order valence-corrected chi connectivity index (χ2v) is 5.90. The van der Waals surface area contributed by atoms with Crippen LogP contribution in [0.3, 0.4) is 0 Å². The van der Waals surface area contributed by atoms with Crippen LogP contribution in [0.5, 0.6) is 0 Å². The fourth-order valence-electron chi connectivity index (χ4n) is 1.55. The van der Waals surface area contributed by atoms with Crippen LogP contribution in [0.1, 0.15) is 13.8 Å². The van der Waals surface area contributed by atoms with Gasteiger partial charge in [-0.2, -0.15) is 4.72 Å². The summed E-state index contributed by atoms with van der Waals surface area (Å²) < 4.78 is 26.4. The van der Waals surface area contributed by atoms with Crippen LogP contribution in [0.2, 0.25) is 0 Å². The molecule has 0 aliphatic rings. The molecule has 0 aliphatic heterocycles. The number of nitro groups is 1. The van der Waals surface area contributed by atoms with Crippen LogP contribution in [0.25, 0.3) is 0 Å². The van der Waals surface area contributed by atoms with Crippen LogP contribution in [0, 0.1) is 10.1 Å². The van der Waals surface area contributed by atoms with Crippen LogP contribution in [0.4, 0.5) is 11.4 Å². The van der Waals surface area contributed by atoms with Gasteiger partial charge in [-0.25, -0.2) is 8.42 Å². The number of nitrogens with two attached hydrogens (primary N) is 1. The Morgan fingerprint density at radius 3 is 2.62 bits per heavy atom. The van der Waals surface area contributed by atoms with Crippen LogP contribution in [-0.2, 0) is 14.8 Å². The number of nitro benzene ring substituents is 1. The van der Waals surface area contributed by atoms with E-state index in [9.17, 15) is 23.3 Å². The number of sulfonamides is 1. The number of non-ortho nitro benzene ring substituents is 1. The predicted octanol–water partition coefficient (Wildman–Crippen LogP) is -0.0201. The lowest BCUT2D eigenvalue weighted by molar-refractivity contribution is -0.385. The summed E-state index contributed by atoms with van der Waals surface area (Å²) in [7, 11) is -4.15. The smallest absolute Gasteiger partial charge is 0.270 e. The number of nitrogen functional groups attached to an aromatic ring is 1. The SMILES string of the molecule is CCNC(=O)C(C)NS(=O)(=O)c1cc([N+](=O)[O-])ccc1N. The van der Waals surface area contributed by atoms with E-state index in [0.29, 0.717) is 6.54 Å². The van der Waals surface area contributed by atoms with Gasteiger partial charge < -0.3 is 11.1 Å². The standard InChI is InChI=1S/C11H16N4O5S/c1-3-13-11(16)7(2)14-21(19,20)10-6-8(15(17)18)4-5-9(10)12/h4-7,14H,3,12H2,1-2H3,(H,13,16). The predicted molar refractivity (Wildman–Crippen MR) is 76.0 cm³/mol. The highest BCUT2D eigenvalue weighted by Crippen LogP contribution is 2.24. The summed E-state index contributed by atoms with van der Waals surface area (Å²) in [4.78, 5) is 21.1. The largest absolute Gasteiger partial charge is 0.398 e. The molecule has 0 fully saturated rings. The molecule has 10 heteroatoms. The number of carbonyl (C=O) groups is 1. The Bertz CT molecular complexity index is 659. The number of nitrogens with zero attached hydrogens (tertiary/aromatic N) is 1. The molecule has 0 spiro atoms. The van der Waals surface area contributed by atoms with Crippen LogP contribution in [0.15, 0.2) is 23.1 Å². The fourth-order valence-corrected chi connectivity index (χ4v) is 2.90. The first kappa shape index (κ1) is 16.9. The molecular weight excluding hydrogens is 300 g/mol. The molecule has 0 heterocycles. The Morgan fingerprint density at radius 1 is 1.48 bits per heavy atom. The summed E-state index contributed by atoms with van der Waals surface area (Å²) in [6, 6.07) is 2.04. The molecule has 0 radical (unpaired) electrons. The van der Waals surface area contributed by atoms with Crippen molar-refractivity contribution < 1.29 is 18.1 Å². The Hall–Kier alpha value is -2.20. The summed E-state index contributed by atoms with van der Waals surface area (Å²) in [6.45, 7) is 3.40. The Balaban J connectivity index is 3.11. The summed E-state index contributed by atoms with van der Waals surface area (Å²) in [5.41, 5.74) is 4.99. The lowest BCUT2D eigenvalue weighted by Crippen LogP contribution is -2.44. The van der Waals surface area contributed by atoms with Gasteiger partial charge in [0.2, 0.25) is 15.9 Å². The molecule has 0 saturated carbocycles. The first-order valence-electron chi connectivity index (χ1n) is 6.03. The van der Waals surface area contributed by atoms with Gasteiger partial charge >= 0.3 is 0 Å². The molecule has 1 atom stereocenters. The van der Waals surface area contributed by atoms with Crippen molar-refractivity contribution in [1.29, 1.82) is 0 Å². The van der Waals surface area contributed by atoms with Crippen molar-refractivity contribution in [3.63, 3.8) is 0 Å². The summed E-state index contributed by atoms with van der Waals surface area (Å²) in [5.74, 6) is -0.509. The number of hydrogen-bond acceptors (Lipinski definition) is 6. The van der Waals surface area contributed by atoms with Crippen LogP contribution >= 0.6 is 0 Å². The molecule has 1 aromatic rings. The van der Waals surface area contributed by atoms with Gasteiger partial charge in [-0.1, -0.05) is 0 Å². The minimum Gasteiger partial charge on any atom is -0.398 e. The first-order valence-corrected chi connectivity index (χ1v) is 7.51. The van der Waals surface area contributed by atoms with E-state index in [1.165, 1.54) is 6.92 Å². The highest BCUT2D eigenvalue weighted by Gasteiger charge is 2.25. The zero-order valence-electron chi connectivity index (χ0n) is 11.5. The number of carbonyl (C=O) groups excluding carboxylic acids is 1. The maximum Gasteiger partial charge on any atom is 0.270 e. The molecule has 0 aliphatic carbocycles. The van der Waals surface area contributed by atoms with E-state index in [1.807, 2.05) is 0 Å². The van der Waals surface area contributed by atoms with Gasteiger partial charge in [-0.3, -0.25) is 14.9 Å². The highest BCUT2D eigenvalue weighted by molar-refractivity contribution is 7.89. The van der Waals surface area contributed by atoms with Gasteiger partial charge in [0, 0.05) is 18.7 Å². The van der Waals surface area contributed by atoms with E-state index >= 15 is 0 Å². The third-order valence-electron chi connectivity index (χ3n) is 2.57. The van der Waals surface area contributed by atoms with Crippen LogP contribution in [-0.4, -0.2) is 31.8 Å². The first-order chi connectivity index (χ1) is 9.69. The summed E-state index contributed by atoms with van der Waals surface area (Å²) in [5, 5.41) is 13.2. The van der Waals surface area contributed by atoms with E-state index in [1.54, 1.807) is 6.92 Å². The van der Waals surface area contributed by atoms with Gasteiger partial charge in [-0.15, -0.1) is 0 Å². The Kier molecular flexibility index (Phi) is 5.22. The molecule has 0 aromatic heterocycles. The maximum atomic E-state index is 12.2. The highest BCUT2D eigenvalue weighted by atomic mass is 32.2. The second-order valence-electron chi connectivity index (χ2n) is 4.22. The molecule has 1 unspecified atom stereocenters. The zero-order valence-corrected chi connectivity index (χ0v) is 12.3. The number of likely N-dealkylation sites (N-methyl/N-ethyl adjacent to an activating group) is 1. The van der Waals surface area contributed by atoms with Crippen molar-refractivity contribution in [2.45, 2.75) is 24.8 Å². The quantitative estimate of drug-likeness (QED) is 0.382. The van der Waals surface area contributed by atoms with E-state index < -0.39 is 37.5 Å². The Morgan fingerprint density at radius 2 is 2.10 bits per heavy atom. The van der Waals surface area contributed by atoms with Crippen molar-refractivity contribution in [3.05, 3.63) is 28.3 Å². The van der Waals surface area contributed by atoms with Crippen molar-refractivity contribution >= 4 is 27.3 Å². The molecule has 1 rings (SSSR count). The van der Waals surface area contributed by atoms with Crippen LogP contribution < -0.4 is 15.8 Å². The second kappa shape index (κ2) is 6.50. The van der Waals surface area contributed by atoms with E-state index in [4.69, 9.17) is 5.73 Å². The molecular formula is C11H16N4O5S. The van der Waals surface area contributed by atoms with Gasteiger partial charge in [0.25, 0.3) is 5.69 Å². The molecule has 4 N–H and O–H groups in total. The average molecular weight is 316 g/mol. The van der Waals surface area contributed by atoms with Gasteiger partial charge in [0.05, 0.1) is 16.7 Å². The van der Waals surface area contributed by atoms with Crippen molar-refractivity contribution in [3.8, 4) is 0 Å². The van der Waals surface area contributed by atoms with E-state index in [0.717, 1.165) is 18.2 Å². The number of nitrogens with one attached hydrogen (secondary N) is 2. The third kappa shape index (κ3) is 4.13. The normalized spacial score (nSPS) is 12.7. The number of hydrogen-bond donors (Lipinski definition) is 3. The van der Waals surface area contributed by atoms with Gasteiger partial charge in [0.15, 0.2) is 0 Å². The van der Waals surface area contributed by atoms with Gasteiger partial charge in [-0.05, 0) is 19.9 Å². The third-order valence-corrected chi connectivity index (χ3v) is 4.17. The lowest BCUT2D eigenvalue weighted by Gasteiger charge is -2.14. The number of rotatable bonds is 6. The summed E-state index contributed by atoms with van der Waals surface area (Å²) >= 11 is 0. The number of benzene rings is 1. The van der Waals surface area contributed by atoms with Gasteiger partial charge in [0.1, 0.15) is 4.90 Å². The van der Waals surface area contributed by atoms with Crippen molar-refractivity contribution in [2.24, 2.45) is 0 Å². The fraction of sp³-hybridized carbons (Fsp3) is 0.364. The number of anilines is 1. The van der Waals surface area contributed by atoms with Crippen molar-refractivity contribution in [2.75, 3.05) is 12.3 Å². The number of amides is 1. The molecule has 0 bridgehead atoms. The topological polar surface area (TPSA) is 144 Å². The molecule has 21 heavy (non-hydrogen) atoms. The van der Waals surface area contributed by atoms with E-state index in [2.05, 4.69) is 10.0 Å². The maximum absolute atomic E-state index is 12.2. The average Bonchev–Trinajstić information content (AvgIpc) is 2.38. The minimum atomic E-state index is -4.15. The minimum absolute atomic E-state index is 0.142. The molecule has 1 aromatic carbocycles. The Labute approximate surface area is 121 Å². The molecule has 9 nitrogen and oxygen atoms in total. The molecule has 0 saturated heterocycles. The summed E-state index contributed by atoms with van der Waals surface area (Å²) in [6.07, 6.45) is 0. The monoisotopic (exact) mass is 316 g/mol.